The first kappa shape index (κ1) is 11.0. The molecule has 0 unspecified atom stereocenters. The van der Waals surface area contributed by atoms with E-state index in [1.54, 1.807) is 12.1 Å². The summed E-state index contributed by atoms with van der Waals surface area (Å²) >= 11 is 0. The Morgan fingerprint density at radius 2 is 2.06 bits per heavy atom. The van der Waals surface area contributed by atoms with Crippen LogP contribution in [0.5, 0.6) is 0 Å². The zero-order valence-corrected chi connectivity index (χ0v) is 9.57. The Morgan fingerprint density at radius 3 is 2.62 bits per heavy atom. The minimum absolute atomic E-state index is 0.389. The molecule has 3 nitrogen and oxygen atoms in total. The molecular formula is C13H17NO2. The van der Waals surface area contributed by atoms with Gasteiger partial charge in [0.15, 0.2) is 0 Å². The van der Waals surface area contributed by atoms with E-state index in [9.17, 15) is 4.79 Å². The number of nitrogens with zero attached hydrogens (tertiary/aromatic N) is 1. The van der Waals surface area contributed by atoms with Gasteiger partial charge >= 0.3 is 5.97 Å². The van der Waals surface area contributed by atoms with E-state index < -0.39 is 5.97 Å². The summed E-state index contributed by atoms with van der Waals surface area (Å²) in [5, 5.41) is 8.95. The van der Waals surface area contributed by atoms with Gasteiger partial charge in [0.2, 0.25) is 0 Å². The molecule has 3 heteroatoms. The van der Waals surface area contributed by atoms with Gasteiger partial charge in [-0.2, -0.15) is 0 Å². The van der Waals surface area contributed by atoms with Crippen molar-refractivity contribution in [1.29, 1.82) is 0 Å². The number of benzene rings is 1. The minimum atomic E-state index is -0.845. The molecule has 0 radical (unpaired) electrons. The van der Waals surface area contributed by atoms with Gasteiger partial charge in [0, 0.05) is 18.8 Å². The molecule has 1 N–H and O–H groups in total. The molecule has 1 aromatic rings. The Morgan fingerprint density at radius 1 is 1.38 bits per heavy atom. The van der Waals surface area contributed by atoms with Crippen molar-refractivity contribution in [3.63, 3.8) is 0 Å². The van der Waals surface area contributed by atoms with Gasteiger partial charge in [-0.1, -0.05) is 6.92 Å². The van der Waals surface area contributed by atoms with E-state index in [1.807, 2.05) is 6.07 Å². The van der Waals surface area contributed by atoms with Crippen molar-refractivity contribution in [1.82, 2.24) is 0 Å². The zero-order chi connectivity index (χ0) is 11.5. The van der Waals surface area contributed by atoms with Gasteiger partial charge in [0.25, 0.3) is 0 Å². The third-order valence-corrected chi connectivity index (χ3v) is 3.15. The predicted molar refractivity (Wildman–Crippen MR) is 64.2 cm³/mol. The van der Waals surface area contributed by atoms with Gasteiger partial charge in [0.1, 0.15) is 0 Å². The maximum atomic E-state index is 10.9. The standard InChI is InChI=1S/C13H17NO2/c1-2-10-9-11(13(15)16)5-6-12(10)14-7-3-4-8-14/h5-6,9H,2-4,7-8H2,1H3,(H,15,16). The van der Waals surface area contributed by atoms with E-state index in [-0.39, 0.29) is 0 Å². The molecule has 1 aliphatic rings. The average molecular weight is 219 g/mol. The van der Waals surface area contributed by atoms with Crippen molar-refractivity contribution in [2.45, 2.75) is 26.2 Å². The lowest BCUT2D eigenvalue weighted by atomic mass is 10.1. The SMILES string of the molecule is CCc1cc(C(=O)O)ccc1N1CCCC1. The van der Waals surface area contributed by atoms with Crippen LogP contribution >= 0.6 is 0 Å². The molecule has 1 heterocycles. The van der Waals surface area contributed by atoms with E-state index >= 15 is 0 Å². The molecule has 0 amide bonds. The molecule has 0 saturated carbocycles. The van der Waals surface area contributed by atoms with Gasteiger partial charge in [0.05, 0.1) is 5.56 Å². The number of rotatable bonds is 3. The van der Waals surface area contributed by atoms with E-state index in [0.29, 0.717) is 5.56 Å². The quantitative estimate of drug-likeness (QED) is 0.849. The van der Waals surface area contributed by atoms with Gasteiger partial charge < -0.3 is 10.0 Å². The lowest BCUT2D eigenvalue weighted by molar-refractivity contribution is 0.0697. The molecule has 0 spiro atoms. The number of aryl methyl sites for hydroxylation is 1. The number of anilines is 1. The summed E-state index contributed by atoms with van der Waals surface area (Å²) < 4.78 is 0. The third kappa shape index (κ3) is 2.03. The molecule has 86 valence electrons. The number of carbonyl (C=O) groups is 1. The topological polar surface area (TPSA) is 40.5 Å². The van der Waals surface area contributed by atoms with Crippen LogP contribution in [0.2, 0.25) is 0 Å². The Bertz CT molecular complexity index is 395. The Kier molecular flexibility index (Phi) is 3.13. The molecule has 2 rings (SSSR count). The van der Waals surface area contributed by atoms with Crippen molar-refractivity contribution in [3.8, 4) is 0 Å². The molecule has 0 aliphatic carbocycles. The first-order valence-electron chi connectivity index (χ1n) is 5.83. The smallest absolute Gasteiger partial charge is 0.335 e. The zero-order valence-electron chi connectivity index (χ0n) is 9.57. The number of carboxylic acid groups (broad SMARTS) is 1. The van der Waals surface area contributed by atoms with Crippen LogP contribution in [0.25, 0.3) is 0 Å². The van der Waals surface area contributed by atoms with Crippen LogP contribution < -0.4 is 4.90 Å². The summed E-state index contributed by atoms with van der Waals surface area (Å²) in [6, 6.07) is 5.46. The second kappa shape index (κ2) is 4.56. The first-order valence-corrected chi connectivity index (χ1v) is 5.83. The van der Waals surface area contributed by atoms with E-state index in [0.717, 1.165) is 25.1 Å². The van der Waals surface area contributed by atoms with Crippen molar-refractivity contribution in [3.05, 3.63) is 29.3 Å². The fraction of sp³-hybridized carbons (Fsp3) is 0.462. The van der Waals surface area contributed by atoms with Crippen LogP contribution in [0.15, 0.2) is 18.2 Å². The van der Waals surface area contributed by atoms with Gasteiger partial charge in [-0.25, -0.2) is 4.79 Å². The highest BCUT2D eigenvalue weighted by molar-refractivity contribution is 5.88. The van der Waals surface area contributed by atoms with E-state index in [1.165, 1.54) is 18.5 Å². The average Bonchev–Trinajstić information content (AvgIpc) is 2.81. The van der Waals surface area contributed by atoms with Gasteiger partial charge in [-0.3, -0.25) is 0 Å². The van der Waals surface area contributed by atoms with Crippen molar-refractivity contribution in [2.75, 3.05) is 18.0 Å². The Balaban J connectivity index is 2.34. The van der Waals surface area contributed by atoms with Crippen LogP contribution in [0, 0.1) is 0 Å². The van der Waals surface area contributed by atoms with Crippen molar-refractivity contribution >= 4 is 11.7 Å². The molecule has 1 aromatic carbocycles. The largest absolute Gasteiger partial charge is 0.478 e. The normalized spacial score (nSPS) is 15.4. The molecule has 16 heavy (non-hydrogen) atoms. The summed E-state index contributed by atoms with van der Waals surface area (Å²) in [6.45, 7) is 4.26. The molecule has 1 aliphatic heterocycles. The van der Waals surface area contributed by atoms with Crippen LogP contribution in [0.3, 0.4) is 0 Å². The fourth-order valence-electron chi connectivity index (χ4n) is 2.27. The summed E-state index contributed by atoms with van der Waals surface area (Å²) in [4.78, 5) is 13.2. The van der Waals surface area contributed by atoms with Crippen LogP contribution in [0.1, 0.15) is 35.7 Å². The lowest BCUT2D eigenvalue weighted by Crippen LogP contribution is -2.19. The van der Waals surface area contributed by atoms with Crippen molar-refractivity contribution < 1.29 is 9.90 Å². The maximum absolute atomic E-state index is 10.9. The maximum Gasteiger partial charge on any atom is 0.335 e. The van der Waals surface area contributed by atoms with Gasteiger partial charge in [-0.05, 0) is 43.0 Å². The summed E-state index contributed by atoms with van der Waals surface area (Å²) in [5.41, 5.74) is 2.74. The number of hydrogen-bond donors (Lipinski definition) is 1. The first-order chi connectivity index (χ1) is 7.72. The van der Waals surface area contributed by atoms with E-state index in [4.69, 9.17) is 5.11 Å². The highest BCUT2D eigenvalue weighted by Gasteiger charge is 2.16. The molecule has 0 bridgehead atoms. The van der Waals surface area contributed by atoms with Crippen LogP contribution in [0.4, 0.5) is 5.69 Å². The third-order valence-electron chi connectivity index (χ3n) is 3.15. The molecule has 1 fully saturated rings. The molecule has 1 saturated heterocycles. The number of hydrogen-bond acceptors (Lipinski definition) is 2. The molecule has 0 aromatic heterocycles. The second-order valence-electron chi connectivity index (χ2n) is 4.20. The van der Waals surface area contributed by atoms with E-state index in [2.05, 4.69) is 11.8 Å². The van der Waals surface area contributed by atoms with Crippen LogP contribution in [-0.2, 0) is 6.42 Å². The summed E-state index contributed by atoms with van der Waals surface area (Å²) in [6.07, 6.45) is 3.36. The van der Waals surface area contributed by atoms with Crippen molar-refractivity contribution in [2.24, 2.45) is 0 Å². The highest BCUT2D eigenvalue weighted by Crippen LogP contribution is 2.26. The molecular weight excluding hydrogens is 202 g/mol. The monoisotopic (exact) mass is 219 g/mol. The van der Waals surface area contributed by atoms with Gasteiger partial charge in [-0.15, -0.1) is 0 Å². The second-order valence-corrected chi connectivity index (χ2v) is 4.20. The fourth-order valence-corrected chi connectivity index (χ4v) is 2.27. The lowest BCUT2D eigenvalue weighted by Gasteiger charge is -2.21. The Labute approximate surface area is 95.7 Å². The number of carboxylic acids is 1. The molecule has 0 atom stereocenters. The minimum Gasteiger partial charge on any atom is -0.478 e. The van der Waals surface area contributed by atoms with Crippen LogP contribution in [-0.4, -0.2) is 24.2 Å². The predicted octanol–water partition coefficient (Wildman–Crippen LogP) is 2.55. The Hall–Kier alpha value is -1.51. The summed E-state index contributed by atoms with van der Waals surface area (Å²) in [7, 11) is 0. The highest BCUT2D eigenvalue weighted by atomic mass is 16.4. The summed E-state index contributed by atoms with van der Waals surface area (Å²) in [5.74, 6) is -0.845. The number of aromatic carboxylic acids is 1.